The van der Waals surface area contributed by atoms with Crippen LogP contribution >= 0.6 is 11.3 Å². The monoisotopic (exact) mass is 310 g/mol. The second-order valence-corrected chi connectivity index (χ2v) is 8.06. The maximum atomic E-state index is 11.4. The molecule has 108 valence electrons. The highest BCUT2D eigenvalue weighted by Crippen LogP contribution is 2.17. The number of nitrogens with one attached hydrogen (secondary N) is 1. The predicted octanol–water partition coefficient (Wildman–Crippen LogP) is 2.45. The minimum atomic E-state index is -3.11. The number of aryl methyl sites for hydroxylation is 2. The molecule has 2 rings (SSSR count). The molecule has 1 N–H and O–H groups in total. The number of nitrogens with zero attached hydrogens (tertiary/aromatic N) is 1. The molecule has 0 amide bonds. The van der Waals surface area contributed by atoms with Gasteiger partial charge in [0.1, 0.15) is 0 Å². The van der Waals surface area contributed by atoms with E-state index in [0.717, 1.165) is 22.8 Å². The molecule has 20 heavy (non-hydrogen) atoms. The maximum Gasteiger partial charge on any atom is 0.175 e. The van der Waals surface area contributed by atoms with Gasteiger partial charge in [0.15, 0.2) is 9.84 Å². The fourth-order valence-corrected chi connectivity index (χ4v) is 3.45. The average molecular weight is 310 g/mol. The molecule has 0 atom stereocenters. The molecule has 0 saturated heterocycles. The van der Waals surface area contributed by atoms with E-state index in [0.29, 0.717) is 11.4 Å². The standard InChI is InChI=1S/C14H18N2O2S2/c1-10-14(19-11(2)16-10)9-15-8-12-4-6-13(7-5-12)20(3,17)18/h4-7,15H,8-9H2,1-3H3. The summed E-state index contributed by atoms with van der Waals surface area (Å²) in [6, 6.07) is 6.98. The van der Waals surface area contributed by atoms with E-state index >= 15 is 0 Å². The summed E-state index contributed by atoms with van der Waals surface area (Å²) in [6.45, 7) is 5.51. The summed E-state index contributed by atoms with van der Waals surface area (Å²) in [5.74, 6) is 0. The van der Waals surface area contributed by atoms with Crippen molar-refractivity contribution >= 4 is 21.2 Å². The van der Waals surface area contributed by atoms with E-state index in [9.17, 15) is 8.42 Å². The van der Waals surface area contributed by atoms with Crippen LogP contribution in [-0.4, -0.2) is 19.7 Å². The Labute approximate surface area is 123 Å². The molecule has 0 radical (unpaired) electrons. The van der Waals surface area contributed by atoms with E-state index in [1.165, 1.54) is 11.1 Å². The highest BCUT2D eigenvalue weighted by molar-refractivity contribution is 7.90. The predicted molar refractivity (Wildman–Crippen MR) is 81.7 cm³/mol. The Balaban J connectivity index is 1.93. The van der Waals surface area contributed by atoms with Gasteiger partial charge in [-0.25, -0.2) is 13.4 Å². The zero-order chi connectivity index (χ0) is 14.8. The van der Waals surface area contributed by atoms with Gasteiger partial charge in [0.2, 0.25) is 0 Å². The lowest BCUT2D eigenvalue weighted by Crippen LogP contribution is -2.12. The lowest BCUT2D eigenvalue weighted by Gasteiger charge is -2.05. The summed E-state index contributed by atoms with van der Waals surface area (Å²) in [5, 5.41) is 4.43. The number of thiazole rings is 1. The van der Waals surface area contributed by atoms with Gasteiger partial charge in [-0.05, 0) is 31.5 Å². The average Bonchev–Trinajstić information content (AvgIpc) is 2.67. The normalized spacial score (nSPS) is 11.8. The Hall–Kier alpha value is -1.24. The van der Waals surface area contributed by atoms with Crippen molar-refractivity contribution in [1.82, 2.24) is 10.3 Å². The quantitative estimate of drug-likeness (QED) is 0.921. The number of sulfone groups is 1. The van der Waals surface area contributed by atoms with Gasteiger partial charge in [-0.2, -0.15) is 0 Å². The molecule has 1 aromatic heterocycles. The van der Waals surface area contributed by atoms with Crippen molar-refractivity contribution in [3.05, 3.63) is 45.4 Å². The zero-order valence-electron chi connectivity index (χ0n) is 11.8. The second kappa shape index (κ2) is 6.03. The first-order valence-corrected chi connectivity index (χ1v) is 8.99. The summed E-state index contributed by atoms with van der Waals surface area (Å²) in [5.41, 5.74) is 2.14. The third-order valence-corrected chi connectivity index (χ3v) is 5.17. The smallest absolute Gasteiger partial charge is 0.175 e. The van der Waals surface area contributed by atoms with Gasteiger partial charge in [0.05, 0.1) is 15.6 Å². The number of aromatic nitrogens is 1. The third kappa shape index (κ3) is 3.88. The lowest BCUT2D eigenvalue weighted by molar-refractivity contribution is 0.602. The first kappa shape index (κ1) is 15.2. The van der Waals surface area contributed by atoms with Crippen LogP contribution in [0.2, 0.25) is 0 Å². The minimum Gasteiger partial charge on any atom is -0.308 e. The van der Waals surface area contributed by atoms with Crippen molar-refractivity contribution in [3.8, 4) is 0 Å². The van der Waals surface area contributed by atoms with Crippen molar-refractivity contribution in [3.63, 3.8) is 0 Å². The summed E-state index contributed by atoms with van der Waals surface area (Å²) < 4.78 is 22.7. The van der Waals surface area contributed by atoms with E-state index in [-0.39, 0.29) is 0 Å². The first-order chi connectivity index (χ1) is 9.36. The fraction of sp³-hybridized carbons (Fsp3) is 0.357. The molecule has 0 spiro atoms. The van der Waals surface area contributed by atoms with E-state index in [2.05, 4.69) is 10.3 Å². The Morgan fingerprint density at radius 1 is 1.15 bits per heavy atom. The Morgan fingerprint density at radius 2 is 1.80 bits per heavy atom. The Kier molecular flexibility index (Phi) is 4.57. The SMILES string of the molecule is Cc1nc(C)c(CNCc2ccc(S(C)(=O)=O)cc2)s1. The lowest BCUT2D eigenvalue weighted by atomic mass is 10.2. The number of hydrogen-bond donors (Lipinski definition) is 1. The largest absolute Gasteiger partial charge is 0.308 e. The van der Waals surface area contributed by atoms with Crippen LogP contribution in [0, 0.1) is 13.8 Å². The van der Waals surface area contributed by atoms with Gasteiger partial charge in [-0.15, -0.1) is 11.3 Å². The van der Waals surface area contributed by atoms with E-state index in [4.69, 9.17) is 0 Å². The van der Waals surface area contributed by atoms with Crippen LogP contribution in [0.3, 0.4) is 0 Å². The van der Waals surface area contributed by atoms with Crippen molar-refractivity contribution in [2.45, 2.75) is 31.8 Å². The first-order valence-electron chi connectivity index (χ1n) is 6.29. The van der Waals surface area contributed by atoms with E-state index in [1.54, 1.807) is 23.5 Å². The summed E-state index contributed by atoms with van der Waals surface area (Å²) in [7, 11) is -3.11. The maximum absolute atomic E-state index is 11.4. The molecule has 6 heteroatoms. The van der Waals surface area contributed by atoms with Crippen molar-refractivity contribution in [2.75, 3.05) is 6.26 Å². The molecule has 0 aliphatic heterocycles. The molecule has 1 heterocycles. The molecule has 0 bridgehead atoms. The summed E-state index contributed by atoms with van der Waals surface area (Å²) >= 11 is 1.70. The third-order valence-electron chi connectivity index (χ3n) is 2.97. The van der Waals surface area contributed by atoms with Crippen LogP contribution in [0.5, 0.6) is 0 Å². The van der Waals surface area contributed by atoms with E-state index < -0.39 is 9.84 Å². The molecular formula is C14H18N2O2S2. The zero-order valence-corrected chi connectivity index (χ0v) is 13.4. The minimum absolute atomic E-state index is 0.357. The van der Waals surface area contributed by atoms with E-state index in [1.807, 2.05) is 26.0 Å². The molecule has 2 aromatic rings. The second-order valence-electron chi connectivity index (χ2n) is 4.76. The van der Waals surface area contributed by atoms with Crippen LogP contribution in [0.1, 0.15) is 21.1 Å². The highest BCUT2D eigenvalue weighted by Gasteiger charge is 2.07. The van der Waals surface area contributed by atoms with Crippen LogP contribution in [0.4, 0.5) is 0 Å². The molecule has 0 fully saturated rings. The molecule has 1 aromatic carbocycles. The van der Waals surface area contributed by atoms with Crippen LogP contribution in [0.25, 0.3) is 0 Å². The van der Waals surface area contributed by atoms with Crippen molar-refractivity contribution in [1.29, 1.82) is 0 Å². The van der Waals surface area contributed by atoms with Gasteiger partial charge in [0.25, 0.3) is 0 Å². The Bertz CT molecular complexity index is 688. The molecule has 0 unspecified atom stereocenters. The highest BCUT2D eigenvalue weighted by atomic mass is 32.2. The number of benzene rings is 1. The van der Waals surface area contributed by atoms with Crippen molar-refractivity contribution < 1.29 is 8.42 Å². The molecular weight excluding hydrogens is 292 g/mol. The van der Waals surface area contributed by atoms with Gasteiger partial charge < -0.3 is 5.32 Å². The molecule has 4 nitrogen and oxygen atoms in total. The molecule has 0 aliphatic carbocycles. The topological polar surface area (TPSA) is 59.1 Å². The summed E-state index contributed by atoms with van der Waals surface area (Å²) in [4.78, 5) is 5.99. The van der Waals surface area contributed by atoms with Gasteiger partial charge >= 0.3 is 0 Å². The fourth-order valence-electron chi connectivity index (χ4n) is 1.91. The number of rotatable bonds is 5. The number of hydrogen-bond acceptors (Lipinski definition) is 5. The van der Waals surface area contributed by atoms with Gasteiger partial charge in [-0.3, -0.25) is 0 Å². The van der Waals surface area contributed by atoms with Crippen LogP contribution in [0.15, 0.2) is 29.2 Å². The molecule has 0 saturated carbocycles. The van der Waals surface area contributed by atoms with Gasteiger partial charge in [0, 0.05) is 24.2 Å². The van der Waals surface area contributed by atoms with Crippen molar-refractivity contribution in [2.24, 2.45) is 0 Å². The van der Waals surface area contributed by atoms with Gasteiger partial charge in [-0.1, -0.05) is 12.1 Å². The van der Waals surface area contributed by atoms with Crippen LogP contribution < -0.4 is 5.32 Å². The Morgan fingerprint density at radius 3 is 2.30 bits per heavy atom. The summed E-state index contributed by atoms with van der Waals surface area (Å²) in [6.07, 6.45) is 1.22. The molecule has 0 aliphatic rings. The van der Waals surface area contributed by atoms with Crippen LogP contribution in [-0.2, 0) is 22.9 Å².